The van der Waals surface area contributed by atoms with Crippen molar-refractivity contribution >= 4 is 11.4 Å². The smallest absolute Gasteiger partial charge is 0.292 e. The third-order valence-electron chi connectivity index (χ3n) is 3.71. The lowest BCUT2D eigenvalue weighted by Gasteiger charge is -2.04. The van der Waals surface area contributed by atoms with Crippen molar-refractivity contribution in [2.75, 3.05) is 5.32 Å². The molecule has 2 atom stereocenters. The molecule has 0 aliphatic heterocycles. The van der Waals surface area contributed by atoms with Gasteiger partial charge in [0.25, 0.3) is 5.69 Å². The van der Waals surface area contributed by atoms with Gasteiger partial charge in [0.05, 0.1) is 11.5 Å². The van der Waals surface area contributed by atoms with Crippen molar-refractivity contribution in [3.05, 3.63) is 58.0 Å². The fourth-order valence-corrected chi connectivity index (χ4v) is 2.37. The van der Waals surface area contributed by atoms with Gasteiger partial charge in [-0.3, -0.25) is 10.1 Å². The summed E-state index contributed by atoms with van der Waals surface area (Å²) in [4.78, 5) is 10.5. The molecule has 0 bridgehead atoms. The van der Waals surface area contributed by atoms with E-state index in [9.17, 15) is 10.1 Å². The van der Waals surface area contributed by atoms with Crippen LogP contribution in [0.2, 0.25) is 0 Å². The Morgan fingerprint density at radius 2 is 2.10 bits per heavy atom. The molecule has 0 radical (unpaired) electrons. The molecule has 3 rings (SSSR count). The lowest BCUT2D eigenvalue weighted by atomic mass is 10.2. The second kappa shape index (κ2) is 5.00. The minimum atomic E-state index is -0.387. The molecule has 1 aliphatic rings. The molecule has 1 aliphatic carbocycles. The average molecular weight is 272 g/mol. The second-order valence-corrected chi connectivity index (χ2v) is 5.25. The molecule has 1 saturated carbocycles. The third kappa shape index (κ3) is 2.52. The van der Waals surface area contributed by atoms with E-state index in [1.807, 2.05) is 12.1 Å². The lowest BCUT2D eigenvalue weighted by molar-refractivity contribution is -0.384. The first-order chi connectivity index (χ1) is 9.65. The van der Waals surface area contributed by atoms with Gasteiger partial charge in [-0.1, -0.05) is 19.1 Å². The molecule has 2 aromatic rings. The molecular weight excluding hydrogens is 256 g/mol. The summed E-state index contributed by atoms with van der Waals surface area (Å²) in [6.07, 6.45) is 1.19. The standard InChI is InChI=1S/C15H16N2O3/c1-10-8-12(10)15-7-6-11(20-15)9-16-13-4-2-3-5-14(13)17(18)19/h2-7,10,12,16H,8-9H2,1H3. The highest BCUT2D eigenvalue weighted by atomic mass is 16.6. The van der Waals surface area contributed by atoms with Crippen LogP contribution in [0.15, 0.2) is 40.8 Å². The summed E-state index contributed by atoms with van der Waals surface area (Å²) in [7, 11) is 0. The Bertz CT molecular complexity index is 636. The van der Waals surface area contributed by atoms with E-state index in [4.69, 9.17) is 4.42 Å². The molecule has 5 nitrogen and oxygen atoms in total. The zero-order valence-corrected chi connectivity index (χ0v) is 11.2. The maximum absolute atomic E-state index is 10.9. The minimum Gasteiger partial charge on any atom is -0.464 e. The number of nitrogens with zero attached hydrogens (tertiary/aromatic N) is 1. The van der Waals surface area contributed by atoms with Crippen molar-refractivity contribution in [1.82, 2.24) is 0 Å². The molecular formula is C15H16N2O3. The van der Waals surface area contributed by atoms with Gasteiger partial charge in [0, 0.05) is 12.0 Å². The van der Waals surface area contributed by atoms with Gasteiger partial charge in [0.15, 0.2) is 0 Å². The first-order valence-electron chi connectivity index (χ1n) is 6.71. The van der Waals surface area contributed by atoms with Gasteiger partial charge in [-0.15, -0.1) is 0 Å². The van der Waals surface area contributed by atoms with Gasteiger partial charge in [-0.05, 0) is 30.5 Å². The topological polar surface area (TPSA) is 68.3 Å². The second-order valence-electron chi connectivity index (χ2n) is 5.25. The van der Waals surface area contributed by atoms with Crippen LogP contribution in [-0.4, -0.2) is 4.92 Å². The van der Waals surface area contributed by atoms with Crippen molar-refractivity contribution in [1.29, 1.82) is 0 Å². The van der Waals surface area contributed by atoms with Crippen molar-refractivity contribution in [2.24, 2.45) is 5.92 Å². The predicted molar refractivity (Wildman–Crippen MR) is 75.7 cm³/mol. The third-order valence-corrected chi connectivity index (χ3v) is 3.71. The molecule has 1 N–H and O–H groups in total. The molecule has 1 fully saturated rings. The monoisotopic (exact) mass is 272 g/mol. The summed E-state index contributed by atoms with van der Waals surface area (Å²) in [6, 6.07) is 10.6. The zero-order chi connectivity index (χ0) is 14.1. The summed E-state index contributed by atoms with van der Waals surface area (Å²) in [5, 5.41) is 14.0. The van der Waals surface area contributed by atoms with Crippen molar-refractivity contribution in [3.63, 3.8) is 0 Å². The molecule has 1 heterocycles. The summed E-state index contributed by atoms with van der Waals surface area (Å²) in [6.45, 7) is 2.66. The fraction of sp³-hybridized carbons (Fsp3) is 0.333. The van der Waals surface area contributed by atoms with E-state index in [1.165, 1.54) is 12.5 Å². The number of benzene rings is 1. The van der Waals surface area contributed by atoms with Crippen LogP contribution >= 0.6 is 0 Å². The van der Waals surface area contributed by atoms with E-state index in [0.717, 1.165) is 11.5 Å². The number of para-hydroxylation sites is 2. The number of anilines is 1. The van der Waals surface area contributed by atoms with Crippen LogP contribution in [0.4, 0.5) is 11.4 Å². The normalized spacial score (nSPS) is 20.6. The summed E-state index contributed by atoms with van der Waals surface area (Å²) < 4.78 is 5.77. The lowest BCUT2D eigenvalue weighted by Crippen LogP contribution is -2.01. The van der Waals surface area contributed by atoms with Gasteiger partial charge in [0.2, 0.25) is 0 Å². The van der Waals surface area contributed by atoms with Crippen molar-refractivity contribution in [2.45, 2.75) is 25.8 Å². The highest BCUT2D eigenvalue weighted by Gasteiger charge is 2.36. The molecule has 0 amide bonds. The Balaban J connectivity index is 1.67. The van der Waals surface area contributed by atoms with Crippen LogP contribution in [0.1, 0.15) is 30.8 Å². The number of nitro groups is 1. The van der Waals surface area contributed by atoms with E-state index in [0.29, 0.717) is 24.1 Å². The number of nitro benzene ring substituents is 1. The number of rotatable bonds is 5. The molecule has 104 valence electrons. The number of hydrogen-bond acceptors (Lipinski definition) is 4. The summed E-state index contributed by atoms with van der Waals surface area (Å²) in [5.74, 6) is 3.08. The van der Waals surface area contributed by atoms with Crippen LogP contribution in [0.25, 0.3) is 0 Å². The fourth-order valence-electron chi connectivity index (χ4n) is 2.37. The first-order valence-corrected chi connectivity index (χ1v) is 6.71. The number of hydrogen-bond donors (Lipinski definition) is 1. The van der Waals surface area contributed by atoms with E-state index in [2.05, 4.69) is 12.2 Å². The predicted octanol–water partition coefficient (Wildman–Crippen LogP) is 3.92. The van der Waals surface area contributed by atoms with E-state index in [-0.39, 0.29) is 10.6 Å². The maximum atomic E-state index is 10.9. The van der Waals surface area contributed by atoms with Gasteiger partial charge in [-0.25, -0.2) is 0 Å². The van der Waals surface area contributed by atoms with E-state index in [1.54, 1.807) is 18.2 Å². The Hall–Kier alpha value is -2.30. The molecule has 5 heteroatoms. The molecule has 1 aromatic carbocycles. The van der Waals surface area contributed by atoms with Crippen LogP contribution in [-0.2, 0) is 6.54 Å². The van der Waals surface area contributed by atoms with Gasteiger partial charge >= 0.3 is 0 Å². The Morgan fingerprint density at radius 1 is 1.35 bits per heavy atom. The molecule has 1 aromatic heterocycles. The Kier molecular flexibility index (Phi) is 3.18. The van der Waals surface area contributed by atoms with Crippen molar-refractivity contribution < 1.29 is 9.34 Å². The minimum absolute atomic E-state index is 0.0788. The van der Waals surface area contributed by atoms with Crippen molar-refractivity contribution in [3.8, 4) is 0 Å². The van der Waals surface area contributed by atoms with Crippen LogP contribution in [0.3, 0.4) is 0 Å². The van der Waals surface area contributed by atoms with Gasteiger partial charge in [0.1, 0.15) is 17.2 Å². The van der Waals surface area contributed by atoms with Gasteiger partial charge < -0.3 is 9.73 Å². The van der Waals surface area contributed by atoms with Gasteiger partial charge in [-0.2, -0.15) is 0 Å². The van der Waals surface area contributed by atoms with Crippen LogP contribution in [0, 0.1) is 16.0 Å². The zero-order valence-electron chi connectivity index (χ0n) is 11.2. The highest BCUT2D eigenvalue weighted by Crippen LogP contribution is 2.47. The maximum Gasteiger partial charge on any atom is 0.292 e. The Labute approximate surface area is 116 Å². The van der Waals surface area contributed by atoms with E-state index >= 15 is 0 Å². The molecule has 2 unspecified atom stereocenters. The quantitative estimate of drug-likeness (QED) is 0.661. The number of nitrogens with one attached hydrogen (secondary N) is 1. The summed E-state index contributed by atoms with van der Waals surface area (Å²) in [5.41, 5.74) is 0.588. The SMILES string of the molecule is CC1CC1c1ccc(CNc2ccccc2[N+](=O)[O-])o1. The average Bonchev–Trinajstić information content (AvgIpc) is 3.00. The molecule has 20 heavy (non-hydrogen) atoms. The largest absolute Gasteiger partial charge is 0.464 e. The Morgan fingerprint density at radius 3 is 2.80 bits per heavy atom. The summed E-state index contributed by atoms with van der Waals surface area (Å²) >= 11 is 0. The molecule has 0 saturated heterocycles. The van der Waals surface area contributed by atoms with Crippen LogP contribution < -0.4 is 5.32 Å². The van der Waals surface area contributed by atoms with E-state index < -0.39 is 0 Å². The highest BCUT2D eigenvalue weighted by molar-refractivity contribution is 5.61. The number of furan rings is 1. The van der Waals surface area contributed by atoms with Crippen LogP contribution in [0.5, 0.6) is 0 Å². The molecule has 0 spiro atoms. The first kappa shape index (κ1) is 12.7.